The van der Waals surface area contributed by atoms with Crippen molar-refractivity contribution in [2.24, 2.45) is 0 Å². The maximum atomic E-state index is 5.94. The third-order valence-electron chi connectivity index (χ3n) is 3.46. The van der Waals surface area contributed by atoms with E-state index >= 15 is 0 Å². The molecule has 0 aliphatic carbocycles. The first kappa shape index (κ1) is 17.0. The second-order valence-electron chi connectivity index (χ2n) is 5.33. The van der Waals surface area contributed by atoms with Gasteiger partial charge in [-0.2, -0.15) is 4.80 Å². The number of para-hydroxylation sites is 1. The zero-order chi connectivity index (χ0) is 17.5. The summed E-state index contributed by atoms with van der Waals surface area (Å²) in [5.74, 6) is 1.28. The molecule has 7 heteroatoms. The molecule has 2 aromatic carbocycles. The highest BCUT2D eigenvalue weighted by Gasteiger charge is 2.06. The van der Waals surface area contributed by atoms with Gasteiger partial charge in [-0.05, 0) is 29.0 Å². The normalized spacial score (nSPS) is 10.4. The number of anilines is 1. The Hall–Kier alpha value is -2.86. The van der Waals surface area contributed by atoms with Crippen molar-refractivity contribution in [3.63, 3.8) is 0 Å². The molecule has 1 heterocycles. The second-order valence-corrected chi connectivity index (χ2v) is 5.77. The summed E-state index contributed by atoms with van der Waals surface area (Å²) in [4.78, 5) is 1.47. The van der Waals surface area contributed by atoms with Crippen molar-refractivity contribution < 1.29 is 4.74 Å². The summed E-state index contributed by atoms with van der Waals surface area (Å²) in [6.45, 7) is 5.18. The fourth-order valence-electron chi connectivity index (χ4n) is 2.21. The fourth-order valence-corrected chi connectivity index (χ4v) is 2.34. The maximum absolute atomic E-state index is 5.94. The molecular formula is C18H18ClN5O. The Balaban J connectivity index is 1.61. The zero-order valence-electron chi connectivity index (χ0n) is 13.6. The first-order valence-electron chi connectivity index (χ1n) is 7.82. The molecule has 25 heavy (non-hydrogen) atoms. The monoisotopic (exact) mass is 355 g/mol. The molecule has 3 aromatic rings. The molecule has 0 bridgehead atoms. The number of aromatic nitrogens is 4. The molecule has 0 spiro atoms. The number of benzene rings is 2. The summed E-state index contributed by atoms with van der Waals surface area (Å²) in [6, 6.07) is 15.5. The topological polar surface area (TPSA) is 64.9 Å². The van der Waals surface area contributed by atoms with Crippen LogP contribution in [0.25, 0.3) is 0 Å². The van der Waals surface area contributed by atoms with Gasteiger partial charge in [0.05, 0.1) is 6.54 Å². The predicted molar refractivity (Wildman–Crippen MR) is 97.6 cm³/mol. The van der Waals surface area contributed by atoms with E-state index in [0.717, 1.165) is 16.9 Å². The van der Waals surface area contributed by atoms with E-state index < -0.39 is 0 Å². The van der Waals surface area contributed by atoms with Gasteiger partial charge < -0.3 is 10.1 Å². The van der Waals surface area contributed by atoms with E-state index in [2.05, 4.69) is 27.3 Å². The maximum Gasteiger partial charge on any atom is 0.263 e. The number of tetrazole rings is 1. The van der Waals surface area contributed by atoms with E-state index in [9.17, 15) is 0 Å². The molecule has 1 N–H and O–H groups in total. The zero-order valence-corrected chi connectivity index (χ0v) is 14.4. The molecule has 128 valence electrons. The quantitative estimate of drug-likeness (QED) is 0.624. The highest BCUT2D eigenvalue weighted by molar-refractivity contribution is 6.30. The van der Waals surface area contributed by atoms with Crippen molar-refractivity contribution in [3.8, 4) is 5.75 Å². The lowest BCUT2D eigenvalue weighted by molar-refractivity contribution is 0.303. The van der Waals surface area contributed by atoms with Gasteiger partial charge in [0.15, 0.2) is 0 Å². The van der Waals surface area contributed by atoms with Crippen molar-refractivity contribution in [2.75, 3.05) is 5.32 Å². The van der Waals surface area contributed by atoms with Crippen LogP contribution in [-0.4, -0.2) is 20.2 Å². The molecule has 0 aliphatic heterocycles. The van der Waals surface area contributed by atoms with Crippen LogP contribution in [-0.2, 0) is 19.7 Å². The number of allylic oxidation sites excluding steroid dienone is 1. The summed E-state index contributed by atoms with van der Waals surface area (Å²) < 4.78 is 5.94. The third kappa shape index (κ3) is 4.81. The number of halogens is 1. The first-order chi connectivity index (χ1) is 12.2. The Labute approximate surface area is 151 Å². The minimum Gasteiger partial charge on any atom is -0.489 e. The van der Waals surface area contributed by atoms with Gasteiger partial charge in [0.1, 0.15) is 12.4 Å². The summed E-state index contributed by atoms with van der Waals surface area (Å²) in [5.41, 5.74) is 2.07. The lowest BCUT2D eigenvalue weighted by Gasteiger charge is -2.11. The van der Waals surface area contributed by atoms with E-state index in [4.69, 9.17) is 16.3 Å². The molecule has 0 radical (unpaired) electrons. The van der Waals surface area contributed by atoms with Crippen LogP contribution < -0.4 is 10.1 Å². The van der Waals surface area contributed by atoms with E-state index in [1.165, 1.54) is 4.80 Å². The van der Waals surface area contributed by atoms with Gasteiger partial charge in [-0.3, -0.25) is 0 Å². The Morgan fingerprint density at radius 3 is 2.76 bits per heavy atom. The minimum atomic E-state index is 0.467. The lowest BCUT2D eigenvalue weighted by Crippen LogP contribution is -2.05. The van der Waals surface area contributed by atoms with Crippen molar-refractivity contribution in [3.05, 3.63) is 77.3 Å². The molecular weight excluding hydrogens is 338 g/mol. The van der Waals surface area contributed by atoms with Crippen LogP contribution in [0.4, 0.5) is 5.95 Å². The molecule has 3 rings (SSSR count). The predicted octanol–water partition coefficient (Wildman–Crippen LogP) is 3.70. The lowest BCUT2D eigenvalue weighted by atomic mass is 10.2. The number of rotatable bonds is 8. The largest absolute Gasteiger partial charge is 0.489 e. The number of ether oxygens (including phenoxy) is 1. The molecule has 0 atom stereocenters. The Morgan fingerprint density at radius 1 is 1.16 bits per heavy atom. The van der Waals surface area contributed by atoms with Crippen LogP contribution in [0, 0.1) is 0 Å². The SMILES string of the molecule is C=CCn1nnc(NCc2ccccc2OCc2ccc(Cl)cc2)n1. The van der Waals surface area contributed by atoms with Crippen LogP contribution in [0.2, 0.25) is 5.02 Å². The molecule has 0 fully saturated rings. The highest BCUT2D eigenvalue weighted by atomic mass is 35.5. The number of nitrogens with zero attached hydrogens (tertiary/aromatic N) is 4. The van der Waals surface area contributed by atoms with Gasteiger partial charge in [0.25, 0.3) is 5.95 Å². The van der Waals surface area contributed by atoms with Crippen molar-refractivity contribution >= 4 is 17.5 Å². The van der Waals surface area contributed by atoms with Gasteiger partial charge in [0, 0.05) is 17.1 Å². The average Bonchev–Trinajstić information content (AvgIpc) is 3.08. The number of hydrogen-bond donors (Lipinski definition) is 1. The molecule has 0 aliphatic rings. The average molecular weight is 356 g/mol. The van der Waals surface area contributed by atoms with E-state index in [1.54, 1.807) is 6.08 Å². The number of nitrogens with one attached hydrogen (secondary N) is 1. The standard InChI is InChI=1S/C18H18ClN5O/c1-2-11-24-22-18(21-23-24)20-12-15-5-3-4-6-17(15)25-13-14-7-9-16(19)10-8-14/h2-10H,1,11-13H2,(H,20,22). The van der Waals surface area contributed by atoms with Crippen LogP contribution >= 0.6 is 11.6 Å². The number of hydrogen-bond acceptors (Lipinski definition) is 5. The Morgan fingerprint density at radius 2 is 1.96 bits per heavy atom. The van der Waals surface area contributed by atoms with Gasteiger partial charge in [-0.25, -0.2) is 0 Å². The summed E-state index contributed by atoms with van der Waals surface area (Å²) in [5, 5.41) is 15.9. The van der Waals surface area contributed by atoms with E-state index in [0.29, 0.717) is 30.7 Å². The Kier molecular flexibility index (Phi) is 5.64. The Bertz CT molecular complexity index is 831. The molecule has 0 saturated carbocycles. The van der Waals surface area contributed by atoms with E-state index in [1.807, 2.05) is 48.5 Å². The molecule has 0 amide bonds. The smallest absolute Gasteiger partial charge is 0.263 e. The van der Waals surface area contributed by atoms with Gasteiger partial charge in [-0.1, -0.05) is 53.1 Å². The van der Waals surface area contributed by atoms with Gasteiger partial charge >= 0.3 is 0 Å². The molecule has 6 nitrogen and oxygen atoms in total. The van der Waals surface area contributed by atoms with Crippen LogP contribution in [0.1, 0.15) is 11.1 Å². The van der Waals surface area contributed by atoms with Gasteiger partial charge in [-0.15, -0.1) is 11.7 Å². The van der Waals surface area contributed by atoms with Crippen molar-refractivity contribution in [1.82, 2.24) is 20.2 Å². The van der Waals surface area contributed by atoms with Crippen molar-refractivity contribution in [1.29, 1.82) is 0 Å². The minimum absolute atomic E-state index is 0.467. The van der Waals surface area contributed by atoms with Crippen LogP contribution in [0.3, 0.4) is 0 Å². The van der Waals surface area contributed by atoms with Crippen molar-refractivity contribution in [2.45, 2.75) is 19.7 Å². The fraction of sp³-hybridized carbons (Fsp3) is 0.167. The highest BCUT2D eigenvalue weighted by Crippen LogP contribution is 2.20. The molecule has 1 aromatic heterocycles. The summed E-state index contributed by atoms with van der Waals surface area (Å²) in [7, 11) is 0. The van der Waals surface area contributed by atoms with Crippen LogP contribution in [0.5, 0.6) is 5.75 Å². The molecule has 0 unspecified atom stereocenters. The van der Waals surface area contributed by atoms with Crippen LogP contribution in [0.15, 0.2) is 61.2 Å². The first-order valence-corrected chi connectivity index (χ1v) is 8.20. The third-order valence-corrected chi connectivity index (χ3v) is 3.71. The summed E-state index contributed by atoms with van der Waals surface area (Å²) in [6.07, 6.45) is 1.71. The van der Waals surface area contributed by atoms with E-state index in [-0.39, 0.29) is 0 Å². The molecule has 0 saturated heterocycles. The second kappa shape index (κ2) is 8.30. The summed E-state index contributed by atoms with van der Waals surface area (Å²) >= 11 is 5.90. The van der Waals surface area contributed by atoms with Gasteiger partial charge in [0.2, 0.25) is 0 Å².